The fourth-order valence-electron chi connectivity index (χ4n) is 3.37. The minimum Gasteiger partial charge on any atom is -0.358 e. The van der Waals surface area contributed by atoms with Crippen molar-refractivity contribution in [1.82, 2.24) is 25.1 Å². The van der Waals surface area contributed by atoms with E-state index in [1.54, 1.807) is 6.20 Å². The fraction of sp³-hybridized carbons (Fsp3) is 0.160. The van der Waals surface area contributed by atoms with E-state index in [1.165, 1.54) is 0 Å². The Labute approximate surface area is 181 Å². The minimum atomic E-state index is 0.679. The van der Waals surface area contributed by atoms with Crippen LogP contribution in [0.4, 0.5) is 5.69 Å². The van der Waals surface area contributed by atoms with Crippen molar-refractivity contribution in [2.24, 2.45) is 0 Å². The minimum absolute atomic E-state index is 0.679. The summed E-state index contributed by atoms with van der Waals surface area (Å²) in [6, 6.07) is 6.28. The van der Waals surface area contributed by atoms with Crippen LogP contribution in [0, 0.1) is 6.92 Å². The highest BCUT2D eigenvalue weighted by Gasteiger charge is 2.13. The van der Waals surface area contributed by atoms with E-state index in [9.17, 15) is 0 Å². The molecule has 0 aliphatic rings. The molecule has 0 radical (unpaired) electrons. The van der Waals surface area contributed by atoms with E-state index in [1.807, 2.05) is 37.5 Å². The molecular formula is C25H26N6. The highest BCUT2D eigenvalue weighted by Crippen LogP contribution is 2.30. The standard InChI is InChI=1S/C25H26N6/c1-5-7-8-9-18-12-23(29-17(18)4)24-22-11-20(14-27-25(22)31-30-24)19-10-21(15-26-13-19)28-16(3)6-2/h5,7-15,28-29H,3,6H2,1-2,4H3,(H,27,30,31)/b7-5-,9-8-. The first-order valence-electron chi connectivity index (χ1n) is 10.3. The van der Waals surface area contributed by atoms with Crippen LogP contribution in [0.25, 0.3) is 39.6 Å². The van der Waals surface area contributed by atoms with Crippen LogP contribution in [0.1, 0.15) is 31.5 Å². The van der Waals surface area contributed by atoms with Gasteiger partial charge in [0.2, 0.25) is 0 Å². The maximum Gasteiger partial charge on any atom is 0.181 e. The zero-order valence-electron chi connectivity index (χ0n) is 18.0. The van der Waals surface area contributed by atoms with E-state index < -0.39 is 0 Å². The summed E-state index contributed by atoms with van der Waals surface area (Å²) in [7, 11) is 0. The molecule has 31 heavy (non-hydrogen) atoms. The van der Waals surface area contributed by atoms with Crippen molar-refractivity contribution in [3.63, 3.8) is 0 Å². The largest absolute Gasteiger partial charge is 0.358 e. The lowest BCUT2D eigenvalue weighted by Gasteiger charge is -2.09. The van der Waals surface area contributed by atoms with Crippen molar-refractivity contribution in [2.75, 3.05) is 5.32 Å². The number of allylic oxidation sites excluding steroid dienone is 4. The average Bonchev–Trinajstić information content (AvgIpc) is 3.36. The molecule has 6 nitrogen and oxygen atoms in total. The van der Waals surface area contributed by atoms with Crippen LogP contribution in [-0.4, -0.2) is 25.1 Å². The van der Waals surface area contributed by atoms with Crippen molar-refractivity contribution in [3.8, 4) is 22.5 Å². The van der Waals surface area contributed by atoms with Gasteiger partial charge in [0.25, 0.3) is 0 Å². The number of hydrogen-bond acceptors (Lipinski definition) is 4. The number of fused-ring (bicyclic) bond motifs is 1. The number of aromatic amines is 2. The monoisotopic (exact) mass is 410 g/mol. The second-order valence-electron chi connectivity index (χ2n) is 7.39. The van der Waals surface area contributed by atoms with Gasteiger partial charge in [-0.2, -0.15) is 5.10 Å². The van der Waals surface area contributed by atoms with E-state index in [0.29, 0.717) is 5.65 Å². The third kappa shape index (κ3) is 4.33. The van der Waals surface area contributed by atoms with Crippen molar-refractivity contribution in [2.45, 2.75) is 27.2 Å². The summed E-state index contributed by atoms with van der Waals surface area (Å²) in [4.78, 5) is 12.4. The maximum atomic E-state index is 4.56. The number of rotatable bonds is 7. The Hall–Kier alpha value is -3.93. The number of nitrogens with zero attached hydrogens (tertiary/aromatic N) is 3. The summed E-state index contributed by atoms with van der Waals surface area (Å²) in [5.74, 6) is 0. The van der Waals surface area contributed by atoms with Crippen LogP contribution < -0.4 is 5.32 Å². The number of aromatic nitrogens is 5. The average molecular weight is 411 g/mol. The van der Waals surface area contributed by atoms with Crippen molar-refractivity contribution in [3.05, 3.63) is 78.6 Å². The Balaban J connectivity index is 1.72. The zero-order valence-corrected chi connectivity index (χ0v) is 18.0. The van der Waals surface area contributed by atoms with Gasteiger partial charge >= 0.3 is 0 Å². The Morgan fingerprint density at radius 2 is 1.97 bits per heavy atom. The molecule has 0 aromatic carbocycles. The van der Waals surface area contributed by atoms with Crippen LogP contribution in [0.2, 0.25) is 0 Å². The lowest BCUT2D eigenvalue weighted by atomic mass is 10.1. The zero-order chi connectivity index (χ0) is 21.8. The first-order chi connectivity index (χ1) is 15.1. The molecule has 0 fully saturated rings. The normalized spacial score (nSPS) is 11.7. The second-order valence-corrected chi connectivity index (χ2v) is 7.39. The molecular weight excluding hydrogens is 384 g/mol. The molecule has 4 aromatic heterocycles. The van der Waals surface area contributed by atoms with E-state index >= 15 is 0 Å². The molecule has 4 aromatic rings. The highest BCUT2D eigenvalue weighted by atomic mass is 15.2. The molecule has 156 valence electrons. The van der Waals surface area contributed by atoms with Gasteiger partial charge in [0, 0.05) is 40.3 Å². The molecule has 6 heteroatoms. The molecule has 0 aliphatic carbocycles. The SMILES string of the molecule is C=C(CC)Nc1cncc(-c2cnc3n[nH]c(-c4cc(/C=C\C=C/C)c(C)[nH]4)c3c2)c1. The van der Waals surface area contributed by atoms with Gasteiger partial charge in [-0.3, -0.25) is 10.1 Å². The molecule has 0 aliphatic heterocycles. The molecule has 0 unspecified atom stereocenters. The van der Waals surface area contributed by atoms with E-state index in [0.717, 1.165) is 57.0 Å². The fourth-order valence-corrected chi connectivity index (χ4v) is 3.37. The molecule has 4 heterocycles. The third-order valence-corrected chi connectivity index (χ3v) is 5.13. The Morgan fingerprint density at radius 1 is 1.13 bits per heavy atom. The van der Waals surface area contributed by atoms with Crippen LogP contribution in [0.15, 0.2) is 67.3 Å². The predicted molar refractivity (Wildman–Crippen MR) is 129 cm³/mol. The Morgan fingerprint density at radius 3 is 2.77 bits per heavy atom. The first kappa shape index (κ1) is 20.3. The number of hydrogen-bond donors (Lipinski definition) is 3. The number of nitrogens with one attached hydrogen (secondary N) is 3. The number of H-pyrrole nitrogens is 2. The number of anilines is 1. The first-order valence-corrected chi connectivity index (χ1v) is 10.3. The smallest absolute Gasteiger partial charge is 0.181 e. The van der Waals surface area contributed by atoms with Crippen LogP contribution >= 0.6 is 0 Å². The number of pyridine rings is 2. The quantitative estimate of drug-likeness (QED) is 0.315. The lowest BCUT2D eigenvalue weighted by Crippen LogP contribution is -1.97. The third-order valence-electron chi connectivity index (χ3n) is 5.13. The summed E-state index contributed by atoms with van der Waals surface area (Å²) in [6.07, 6.45) is 14.5. The van der Waals surface area contributed by atoms with E-state index in [-0.39, 0.29) is 0 Å². The molecule has 0 saturated heterocycles. The highest BCUT2D eigenvalue weighted by molar-refractivity contribution is 5.93. The summed E-state index contributed by atoms with van der Waals surface area (Å²) < 4.78 is 0. The maximum absolute atomic E-state index is 4.56. The van der Waals surface area contributed by atoms with Gasteiger partial charge in [-0.1, -0.05) is 37.8 Å². The van der Waals surface area contributed by atoms with Crippen molar-refractivity contribution >= 4 is 22.8 Å². The van der Waals surface area contributed by atoms with Gasteiger partial charge in [-0.05, 0) is 44.0 Å². The Kier molecular flexibility index (Phi) is 5.80. The predicted octanol–water partition coefficient (Wildman–Crippen LogP) is 6.25. The summed E-state index contributed by atoms with van der Waals surface area (Å²) in [6.45, 7) is 10.1. The van der Waals surface area contributed by atoms with Crippen LogP contribution in [-0.2, 0) is 0 Å². The van der Waals surface area contributed by atoms with Gasteiger partial charge in [0.15, 0.2) is 5.65 Å². The van der Waals surface area contributed by atoms with Gasteiger partial charge in [-0.25, -0.2) is 4.98 Å². The second kappa shape index (κ2) is 8.83. The van der Waals surface area contributed by atoms with Crippen LogP contribution in [0.3, 0.4) is 0 Å². The van der Waals surface area contributed by atoms with E-state index in [4.69, 9.17) is 0 Å². The van der Waals surface area contributed by atoms with Gasteiger partial charge in [0.1, 0.15) is 0 Å². The van der Waals surface area contributed by atoms with Crippen molar-refractivity contribution in [1.29, 1.82) is 0 Å². The van der Waals surface area contributed by atoms with Crippen molar-refractivity contribution < 1.29 is 0 Å². The van der Waals surface area contributed by atoms with Gasteiger partial charge < -0.3 is 10.3 Å². The molecule has 0 atom stereocenters. The van der Waals surface area contributed by atoms with Crippen LogP contribution in [0.5, 0.6) is 0 Å². The molecule has 4 rings (SSSR count). The molecule has 3 N–H and O–H groups in total. The molecule has 0 saturated carbocycles. The van der Waals surface area contributed by atoms with Gasteiger partial charge in [0.05, 0.1) is 23.3 Å². The summed E-state index contributed by atoms with van der Waals surface area (Å²) in [5, 5.41) is 11.8. The van der Waals surface area contributed by atoms with E-state index in [2.05, 4.69) is 75.2 Å². The lowest BCUT2D eigenvalue weighted by molar-refractivity contribution is 1.09. The van der Waals surface area contributed by atoms with Gasteiger partial charge in [-0.15, -0.1) is 0 Å². The molecule has 0 bridgehead atoms. The summed E-state index contributed by atoms with van der Waals surface area (Å²) >= 11 is 0. The molecule has 0 amide bonds. The summed E-state index contributed by atoms with van der Waals surface area (Å²) in [5.41, 5.74) is 8.63. The topological polar surface area (TPSA) is 82.3 Å². The Bertz CT molecular complexity index is 1290. The number of aryl methyl sites for hydroxylation is 1. The molecule has 0 spiro atoms.